The molecule has 3 heterocycles. The molecule has 0 bridgehead atoms. The van der Waals surface area contributed by atoms with E-state index >= 15 is 0 Å². The van der Waals surface area contributed by atoms with E-state index in [0.717, 1.165) is 30.4 Å². The summed E-state index contributed by atoms with van der Waals surface area (Å²) in [6.45, 7) is 6.05. The van der Waals surface area contributed by atoms with E-state index in [-0.39, 0.29) is 23.7 Å². The molecule has 1 atom stereocenters. The Morgan fingerprint density at radius 1 is 1.36 bits per heavy atom. The van der Waals surface area contributed by atoms with E-state index in [2.05, 4.69) is 14.6 Å². The summed E-state index contributed by atoms with van der Waals surface area (Å²) in [7, 11) is -3.65. The van der Waals surface area contributed by atoms with Gasteiger partial charge in [-0.2, -0.15) is 11.8 Å². The van der Waals surface area contributed by atoms with E-state index in [4.69, 9.17) is 4.42 Å². The van der Waals surface area contributed by atoms with Crippen LogP contribution in [0.25, 0.3) is 0 Å². The first-order valence-corrected chi connectivity index (χ1v) is 11.0. The van der Waals surface area contributed by atoms with Crippen molar-refractivity contribution in [2.45, 2.75) is 31.0 Å². The number of thioether (sulfide) groups is 1. The number of furan rings is 1. The third kappa shape index (κ3) is 4.46. The molecule has 1 unspecified atom stereocenters. The molecule has 7 nitrogen and oxygen atoms in total. The zero-order chi connectivity index (χ0) is 17.9. The maximum Gasteiger partial charge on any atom is 0.259 e. The quantitative estimate of drug-likeness (QED) is 0.788. The molecule has 0 amide bonds. The van der Waals surface area contributed by atoms with Crippen molar-refractivity contribution in [1.29, 1.82) is 0 Å². The lowest BCUT2D eigenvalue weighted by molar-refractivity contribution is 0.193. The van der Waals surface area contributed by atoms with Crippen LogP contribution in [0, 0.1) is 0 Å². The fourth-order valence-electron chi connectivity index (χ4n) is 2.78. The van der Waals surface area contributed by atoms with Crippen molar-refractivity contribution in [2.24, 2.45) is 0 Å². The molecule has 2 aromatic heterocycles. The average molecular weight is 385 g/mol. The van der Waals surface area contributed by atoms with Crippen LogP contribution in [0.4, 0.5) is 0 Å². The highest BCUT2D eigenvalue weighted by Crippen LogP contribution is 2.24. The largest absolute Gasteiger partial charge is 0.468 e. The number of aromatic nitrogens is 2. The third-order valence-corrected chi connectivity index (χ3v) is 6.52. The Kier molecular flexibility index (Phi) is 5.88. The lowest BCUT2D eigenvalue weighted by atomic mass is 10.2. The summed E-state index contributed by atoms with van der Waals surface area (Å²) in [5.74, 6) is 2.87. The first-order valence-electron chi connectivity index (χ1n) is 8.36. The van der Waals surface area contributed by atoms with Crippen molar-refractivity contribution < 1.29 is 12.8 Å². The van der Waals surface area contributed by atoms with Gasteiger partial charge in [-0.25, -0.2) is 18.1 Å². The van der Waals surface area contributed by atoms with Gasteiger partial charge in [0.1, 0.15) is 5.76 Å². The van der Waals surface area contributed by atoms with Gasteiger partial charge in [-0.15, -0.1) is 0 Å². The molecule has 1 aliphatic heterocycles. The molecule has 25 heavy (non-hydrogen) atoms. The van der Waals surface area contributed by atoms with Crippen molar-refractivity contribution in [2.75, 3.05) is 31.1 Å². The number of hydrogen-bond acceptors (Lipinski definition) is 6. The van der Waals surface area contributed by atoms with Crippen LogP contribution in [0.5, 0.6) is 0 Å². The van der Waals surface area contributed by atoms with Gasteiger partial charge in [-0.05, 0) is 26.0 Å². The Labute approximate surface area is 152 Å². The number of hydrogen-bond donors (Lipinski definition) is 1. The van der Waals surface area contributed by atoms with Gasteiger partial charge < -0.3 is 8.98 Å². The van der Waals surface area contributed by atoms with E-state index in [1.54, 1.807) is 23.4 Å². The number of nitrogens with zero attached hydrogens (tertiary/aromatic N) is 3. The molecule has 0 aliphatic carbocycles. The Balaban J connectivity index is 1.73. The average Bonchev–Trinajstić information content (AvgIpc) is 3.28. The van der Waals surface area contributed by atoms with Crippen molar-refractivity contribution in [1.82, 2.24) is 19.2 Å². The number of nitrogens with one attached hydrogen (secondary N) is 1. The molecule has 138 valence electrons. The van der Waals surface area contributed by atoms with Gasteiger partial charge in [0.15, 0.2) is 5.03 Å². The Morgan fingerprint density at radius 2 is 2.12 bits per heavy atom. The zero-order valence-electron chi connectivity index (χ0n) is 14.5. The second-order valence-corrected chi connectivity index (χ2v) is 9.22. The molecule has 0 radical (unpaired) electrons. The summed E-state index contributed by atoms with van der Waals surface area (Å²) in [6.07, 6.45) is 4.73. The summed E-state index contributed by atoms with van der Waals surface area (Å²) in [5, 5.41) is 0.0496. The van der Waals surface area contributed by atoms with Crippen LogP contribution in [-0.2, 0) is 10.0 Å². The van der Waals surface area contributed by atoms with Crippen LogP contribution in [-0.4, -0.2) is 54.0 Å². The molecule has 9 heteroatoms. The lowest BCUT2D eigenvalue weighted by Gasteiger charge is -2.33. The van der Waals surface area contributed by atoms with E-state index < -0.39 is 10.0 Å². The van der Waals surface area contributed by atoms with Gasteiger partial charge in [-0.3, -0.25) is 4.90 Å². The summed E-state index contributed by atoms with van der Waals surface area (Å²) in [6, 6.07) is 3.78. The highest BCUT2D eigenvalue weighted by atomic mass is 32.2. The SMILES string of the molecule is CC(C)n1cnc(S(=O)(=O)NCC(c2ccco2)N2CCSCC2)c1. The predicted octanol–water partition coefficient (Wildman–Crippen LogP) is 2.13. The smallest absolute Gasteiger partial charge is 0.259 e. The second kappa shape index (κ2) is 7.94. The first kappa shape index (κ1) is 18.5. The molecule has 1 N–H and O–H groups in total. The van der Waals surface area contributed by atoms with Gasteiger partial charge in [0.2, 0.25) is 0 Å². The normalized spacial score (nSPS) is 17.9. The second-order valence-electron chi connectivity index (χ2n) is 6.28. The van der Waals surface area contributed by atoms with Crippen molar-refractivity contribution in [3.05, 3.63) is 36.7 Å². The highest BCUT2D eigenvalue weighted by molar-refractivity contribution is 7.99. The van der Waals surface area contributed by atoms with Crippen LogP contribution in [0.15, 0.2) is 40.4 Å². The van der Waals surface area contributed by atoms with Crippen LogP contribution >= 0.6 is 11.8 Å². The van der Waals surface area contributed by atoms with E-state index in [9.17, 15) is 8.42 Å². The molecule has 3 rings (SSSR count). The van der Waals surface area contributed by atoms with Gasteiger partial charge in [0.05, 0.1) is 18.6 Å². The van der Waals surface area contributed by atoms with Crippen molar-refractivity contribution in [3.8, 4) is 0 Å². The molecule has 1 saturated heterocycles. The Bertz CT molecular complexity index is 765. The molecule has 0 spiro atoms. The van der Waals surface area contributed by atoms with Gasteiger partial charge in [0, 0.05) is 43.4 Å². The Morgan fingerprint density at radius 3 is 2.72 bits per heavy atom. The van der Waals surface area contributed by atoms with Crippen LogP contribution in [0.3, 0.4) is 0 Å². The van der Waals surface area contributed by atoms with Crippen LogP contribution < -0.4 is 4.72 Å². The lowest BCUT2D eigenvalue weighted by Crippen LogP contribution is -2.42. The molecule has 1 fully saturated rings. The summed E-state index contributed by atoms with van der Waals surface area (Å²) < 4.78 is 35.2. The standard InChI is InChI=1S/C16H24N4O3S2/c1-13(2)20-11-16(17-12-20)25(21,22)18-10-14(15-4-3-7-23-15)19-5-8-24-9-6-19/h3-4,7,11-14,18H,5-6,8-10H2,1-2H3. The molecule has 0 saturated carbocycles. The molecular weight excluding hydrogens is 360 g/mol. The summed E-state index contributed by atoms with van der Waals surface area (Å²) in [4.78, 5) is 6.30. The fraction of sp³-hybridized carbons (Fsp3) is 0.562. The zero-order valence-corrected chi connectivity index (χ0v) is 16.1. The maximum atomic E-state index is 12.6. The van der Waals surface area contributed by atoms with Gasteiger partial charge in [-0.1, -0.05) is 0 Å². The highest BCUT2D eigenvalue weighted by Gasteiger charge is 2.27. The molecular formula is C16H24N4O3S2. The predicted molar refractivity (Wildman–Crippen MR) is 98.1 cm³/mol. The molecule has 2 aromatic rings. The van der Waals surface area contributed by atoms with Crippen molar-refractivity contribution in [3.63, 3.8) is 0 Å². The number of sulfonamides is 1. The monoisotopic (exact) mass is 384 g/mol. The minimum Gasteiger partial charge on any atom is -0.468 e. The number of imidazole rings is 1. The topological polar surface area (TPSA) is 80.4 Å². The van der Waals surface area contributed by atoms with E-state index in [1.807, 2.05) is 37.7 Å². The van der Waals surface area contributed by atoms with Gasteiger partial charge in [0.25, 0.3) is 10.0 Å². The van der Waals surface area contributed by atoms with Crippen LogP contribution in [0.2, 0.25) is 0 Å². The first-order chi connectivity index (χ1) is 12.0. The van der Waals surface area contributed by atoms with E-state index in [0.29, 0.717) is 0 Å². The van der Waals surface area contributed by atoms with Crippen molar-refractivity contribution >= 4 is 21.8 Å². The molecule has 0 aromatic carbocycles. The van der Waals surface area contributed by atoms with Crippen LogP contribution in [0.1, 0.15) is 31.7 Å². The summed E-state index contributed by atoms with van der Waals surface area (Å²) >= 11 is 1.92. The maximum absolute atomic E-state index is 12.6. The Hall–Kier alpha value is -1.29. The fourth-order valence-corrected chi connectivity index (χ4v) is 4.68. The molecule has 1 aliphatic rings. The van der Waals surface area contributed by atoms with E-state index in [1.165, 1.54) is 0 Å². The minimum atomic E-state index is -3.65. The number of rotatable bonds is 7. The third-order valence-electron chi connectivity index (χ3n) is 4.27. The minimum absolute atomic E-state index is 0.0496. The summed E-state index contributed by atoms with van der Waals surface area (Å²) in [5.41, 5.74) is 0. The van der Waals surface area contributed by atoms with Gasteiger partial charge >= 0.3 is 0 Å².